The molecule has 3 aromatic heterocycles. The molecule has 4 rings (SSSR count). The van der Waals surface area contributed by atoms with E-state index in [-0.39, 0.29) is 11.9 Å². The molecule has 0 saturated carbocycles. The number of aromatic amines is 1. The van der Waals surface area contributed by atoms with Crippen LogP contribution in [0.5, 0.6) is 0 Å². The number of carbonyl (C=O) groups is 1. The summed E-state index contributed by atoms with van der Waals surface area (Å²) >= 11 is 0. The van der Waals surface area contributed by atoms with Crippen LogP contribution in [-0.2, 0) is 0 Å². The average Bonchev–Trinajstić information content (AvgIpc) is 3.25. The summed E-state index contributed by atoms with van der Waals surface area (Å²) in [5.41, 5.74) is 5.83. The summed E-state index contributed by atoms with van der Waals surface area (Å²) < 4.78 is 5.18. The van der Waals surface area contributed by atoms with Crippen LogP contribution in [0.15, 0.2) is 17.0 Å². The van der Waals surface area contributed by atoms with Crippen molar-refractivity contribution in [3.8, 4) is 0 Å². The second-order valence-corrected chi connectivity index (χ2v) is 5.00. The second kappa shape index (κ2) is 4.76. The third kappa shape index (κ3) is 1.88. The van der Waals surface area contributed by atoms with Gasteiger partial charge in [0.1, 0.15) is 18.2 Å². The molecule has 1 aliphatic heterocycles. The van der Waals surface area contributed by atoms with Crippen molar-refractivity contribution in [3.63, 3.8) is 0 Å². The maximum Gasteiger partial charge on any atom is 0.290 e. The van der Waals surface area contributed by atoms with Crippen molar-refractivity contribution in [2.24, 2.45) is 5.73 Å². The van der Waals surface area contributed by atoms with Crippen LogP contribution >= 0.6 is 0 Å². The lowest BCUT2D eigenvalue weighted by Gasteiger charge is -2.23. The molecule has 0 aliphatic carbocycles. The number of H-pyrrole nitrogens is 1. The molecule has 0 spiro atoms. The predicted molar refractivity (Wildman–Crippen MR) is 73.8 cm³/mol. The molecule has 1 atom stereocenters. The number of fused-ring (bicyclic) bond motifs is 1. The third-order valence-corrected chi connectivity index (χ3v) is 3.70. The highest BCUT2D eigenvalue weighted by Crippen LogP contribution is 2.36. The number of anilines is 1. The Hall–Kier alpha value is -3.04. The molecular formula is C12H12N8O2. The Bertz CT molecular complexity index is 840. The van der Waals surface area contributed by atoms with Crippen LogP contribution in [0, 0.1) is 0 Å². The third-order valence-electron chi connectivity index (χ3n) is 3.70. The molecule has 112 valence electrons. The van der Waals surface area contributed by atoms with Crippen LogP contribution in [0.4, 0.5) is 5.82 Å². The highest BCUT2D eigenvalue weighted by molar-refractivity contribution is 5.88. The summed E-state index contributed by atoms with van der Waals surface area (Å²) in [4.78, 5) is 25.7. The summed E-state index contributed by atoms with van der Waals surface area (Å²) in [6.45, 7) is 0.788. The summed E-state index contributed by atoms with van der Waals surface area (Å²) in [6.07, 6.45) is 4.93. The first-order chi connectivity index (χ1) is 10.7. The Morgan fingerprint density at radius 1 is 1.45 bits per heavy atom. The Labute approximate surface area is 123 Å². The SMILES string of the molecule is NC(=O)c1noc(C2CCCN2c2ncnc3[nH]ncc23)n1. The Morgan fingerprint density at radius 2 is 2.36 bits per heavy atom. The zero-order valence-electron chi connectivity index (χ0n) is 11.4. The Kier molecular flexibility index (Phi) is 2.74. The lowest BCUT2D eigenvalue weighted by atomic mass is 10.2. The van der Waals surface area contributed by atoms with Gasteiger partial charge in [-0.1, -0.05) is 5.16 Å². The minimum atomic E-state index is -0.709. The van der Waals surface area contributed by atoms with Crippen molar-refractivity contribution in [1.82, 2.24) is 30.3 Å². The minimum absolute atomic E-state index is 0.113. The lowest BCUT2D eigenvalue weighted by molar-refractivity contribution is 0.0987. The number of aromatic nitrogens is 6. The first-order valence-corrected chi connectivity index (χ1v) is 6.78. The largest absolute Gasteiger partial charge is 0.363 e. The standard InChI is InChI=1S/C12H12N8O2/c13-8(21)10-17-12(22-19-10)7-2-1-3-20(7)11-6-4-16-18-9(6)14-5-15-11/h4-5,7H,1-3H2,(H2,13,21)(H,14,15,16,18). The van der Waals surface area contributed by atoms with Crippen molar-refractivity contribution in [3.05, 3.63) is 24.2 Å². The van der Waals surface area contributed by atoms with Gasteiger partial charge in [-0.2, -0.15) is 10.1 Å². The van der Waals surface area contributed by atoms with E-state index in [1.54, 1.807) is 6.20 Å². The number of amides is 1. The summed E-state index contributed by atoms with van der Waals surface area (Å²) in [5, 5.41) is 11.2. The van der Waals surface area contributed by atoms with Gasteiger partial charge < -0.3 is 15.2 Å². The van der Waals surface area contributed by atoms with Gasteiger partial charge in [-0.15, -0.1) is 0 Å². The van der Waals surface area contributed by atoms with Crippen LogP contribution in [0.1, 0.15) is 35.4 Å². The van der Waals surface area contributed by atoms with Crippen molar-refractivity contribution < 1.29 is 9.32 Å². The van der Waals surface area contributed by atoms with Gasteiger partial charge in [0, 0.05) is 6.54 Å². The van der Waals surface area contributed by atoms with Crippen molar-refractivity contribution in [2.45, 2.75) is 18.9 Å². The number of nitrogens with zero attached hydrogens (tertiary/aromatic N) is 6. The highest BCUT2D eigenvalue weighted by Gasteiger charge is 2.33. The average molecular weight is 300 g/mol. The first kappa shape index (κ1) is 12.7. The Balaban J connectivity index is 1.74. The van der Waals surface area contributed by atoms with E-state index >= 15 is 0 Å². The number of hydrogen-bond acceptors (Lipinski definition) is 8. The zero-order valence-corrected chi connectivity index (χ0v) is 11.4. The molecule has 1 unspecified atom stereocenters. The molecule has 1 saturated heterocycles. The molecule has 22 heavy (non-hydrogen) atoms. The summed E-state index contributed by atoms with van der Waals surface area (Å²) in [7, 11) is 0. The van der Waals surface area contributed by atoms with Crippen molar-refractivity contribution in [1.29, 1.82) is 0 Å². The maximum absolute atomic E-state index is 11.1. The second-order valence-electron chi connectivity index (χ2n) is 5.00. The molecule has 10 heteroatoms. The minimum Gasteiger partial charge on any atom is -0.363 e. The number of primary amides is 1. The van der Waals surface area contributed by atoms with E-state index in [1.807, 2.05) is 0 Å². The molecule has 1 fully saturated rings. The lowest BCUT2D eigenvalue weighted by Crippen LogP contribution is -2.24. The van der Waals surface area contributed by atoms with E-state index in [1.165, 1.54) is 6.33 Å². The quantitative estimate of drug-likeness (QED) is 0.697. The van der Waals surface area contributed by atoms with E-state index in [9.17, 15) is 4.79 Å². The van der Waals surface area contributed by atoms with Crippen LogP contribution in [0.3, 0.4) is 0 Å². The van der Waals surface area contributed by atoms with Crippen LogP contribution in [-0.4, -0.2) is 42.8 Å². The molecule has 10 nitrogen and oxygen atoms in total. The number of nitrogens with one attached hydrogen (secondary N) is 1. The Morgan fingerprint density at radius 3 is 3.18 bits per heavy atom. The van der Waals surface area contributed by atoms with Gasteiger partial charge in [0.15, 0.2) is 5.65 Å². The fourth-order valence-corrected chi connectivity index (χ4v) is 2.73. The molecule has 4 heterocycles. The molecule has 1 amide bonds. The topological polar surface area (TPSA) is 140 Å². The molecule has 0 radical (unpaired) electrons. The van der Waals surface area contributed by atoms with Crippen molar-refractivity contribution >= 4 is 22.8 Å². The van der Waals surface area contributed by atoms with E-state index < -0.39 is 5.91 Å². The molecule has 3 N–H and O–H groups in total. The number of carbonyl (C=O) groups excluding carboxylic acids is 1. The predicted octanol–water partition coefficient (Wildman–Crippen LogP) is 0.176. The highest BCUT2D eigenvalue weighted by atomic mass is 16.5. The fourth-order valence-electron chi connectivity index (χ4n) is 2.73. The van der Waals surface area contributed by atoms with E-state index in [2.05, 4.69) is 35.2 Å². The molecule has 3 aromatic rings. The number of nitrogens with two attached hydrogens (primary N) is 1. The molecule has 0 aromatic carbocycles. The van der Waals surface area contributed by atoms with E-state index in [0.717, 1.165) is 30.6 Å². The monoisotopic (exact) mass is 300 g/mol. The molecule has 1 aliphatic rings. The van der Waals surface area contributed by atoms with Crippen LogP contribution in [0.2, 0.25) is 0 Å². The maximum atomic E-state index is 11.1. The molecular weight excluding hydrogens is 288 g/mol. The molecule has 0 bridgehead atoms. The van der Waals surface area contributed by atoms with E-state index in [4.69, 9.17) is 10.3 Å². The van der Waals surface area contributed by atoms with Gasteiger partial charge in [-0.05, 0) is 12.8 Å². The smallest absolute Gasteiger partial charge is 0.290 e. The van der Waals surface area contributed by atoms with Crippen molar-refractivity contribution in [2.75, 3.05) is 11.4 Å². The first-order valence-electron chi connectivity index (χ1n) is 6.78. The van der Waals surface area contributed by atoms with Gasteiger partial charge >= 0.3 is 0 Å². The van der Waals surface area contributed by atoms with Crippen LogP contribution < -0.4 is 10.6 Å². The summed E-state index contributed by atoms with van der Waals surface area (Å²) in [5.74, 6) is 0.290. The fraction of sp³-hybridized carbons (Fsp3) is 0.333. The van der Waals surface area contributed by atoms with E-state index in [0.29, 0.717) is 11.5 Å². The number of hydrogen-bond donors (Lipinski definition) is 2. The van der Waals surface area contributed by atoms with Gasteiger partial charge in [-0.25, -0.2) is 9.97 Å². The summed E-state index contributed by atoms with van der Waals surface area (Å²) in [6, 6.07) is -0.145. The zero-order chi connectivity index (χ0) is 15.1. The van der Waals surface area contributed by atoms with Gasteiger partial charge in [0.2, 0.25) is 5.89 Å². The van der Waals surface area contributed by atoms with Gasteiger partial charge in [0.05, 0.1) is 11.6 Å². The van der Waals surface area contributed by atoms with Crippen LogP contribution in [0.25, 0.3) is 11.0 Å². The van der Waals surface area contributed by atoms with Gasteiger partial charge in [-0.3, -0.25) is 9.89 Å². The van der Waals surface area contributed by atoms with Gasteiger partial charge in [0.25, 0.3) is 11.7 Å². The normalized spacial score (nSPS) is 18.2. The number of rotatable bonds is 3.